The Balaban J connectivity index is 2.61. The molecule has 0 radical (unpaired) electrons. The van der Waals surface area contributed by atoms with E-state index >= 15 is 0 Å². The number of carbonyl (C=O) groups is 1. The maximum absolute atomic E-state index is 13.2. The zero-order chi connectivity index (χ0) is 20.0. The molecule has 0 heterocycles. The topological polar surface area (TPSA) is 72.5 Å². The lowest BCUT2D eigenvalue weighted by atomic mass is 9.97. The lowest BCUT2D eigenvalue weighted by molar-refractivity contribution is -0.106. The van der Waals surface area contributed by atoms with Crippen LogP contribution in [0.15, 0.2) is 30.3 Å². The largest absolute Gasteiger partial charge is 0.497 e. The van der Waals surface area contributed by atoms with Crippen molar-refractivity contribution >= 4 is 5.78 Å². The fourth-order valence-electron chi connectivity index (χ4n) is 2.79. The first kappa shape index (κ1) is 20.5. The van der Waals surface area contributed by atoms with E-state index in [0.717, 1.165) is 0 Å². The standard InChI is InChI=1S/C20H24O7/c1-22-13-7-8-14(15(11-13)20(26-5)27-6)18(21)12-9-16(23-2)19(25-4)17(10-12)24-3/h7-11,20H,1-6H3. The molecular weight excluding hydrogens is 352 g/mol. The Morgan fingerprint density at radius 3 is 1.81 bits per heavy atom. The highest BCUT2D eigenvalue weighted by Gasteiger charge is 2.23. The fraction of sp³-hybridized carbons (Fsp3) is 0.350. The first-order chi connectivity index (χ1) is 13.0. The van der Waals surface area contributed by atoms with Crippen LogP contribution in [0.4, 0.5) is 0 Å². The number of carbonyl (C=O) groups excluding carboxylic acids is 1. The third-order valence-electron chi connectivity index (χ3n) is 4.11. The second kappa shape index (κ2) is 9.25. The highest BCUT2D eigenvalue weighted by molar-refractivity contribution is 6.10. The number of methoxy groups -OCH3 is 6. The van der Waals surface area contributed by atoms with Crippen LogP contribution >= 0.6 is 0 Å². The Bertz CT molecular complexity index is 772. The fourth-order valence-corrected chi connectivity index (χ4v) is 2.79. The van der Waals surface area contributed by atoms with Crippen molar-refractivity contribution in [2.24, 2.45) is 0 Å². The minimum Gasteiger partial charge on any atom is -0.497 e. The van der Waals surface area contributed by atoms with E-state index in [1.165, 1.54) is 35.5 Å². The molecule has 2 aromatic carbocycles. The van der Waals surface area contributed by atoms with Crippen LogP contribution in [0.5, 0.6) is 23.0 Å². The van der Waals surface area contributed by atoms with Crippen molar-refractivity contribution in [2.75, 3.05) is 42.7 Å². The van der Waals surface area contributed by atoms with E-state index in [1.54, 1.807) is 37.4 Å². The van der Waals surface area contributed by atoms with Gasteiger partial charge in [0.25, 0.3) is 0 Å². The minimum atomic E-state index is -0.721. The van der Waals surface area contributed by atoms with Gasteiger partial charge in [-0.2, -0.15) is 0 Å². The van der Waals surface area contributed by atoms with Gasteiger partial charge in [0.05, 0.1) is 28.4 Å². The molecule has 0 aliphatic rings. The van der Waals surface area contributed by atoms with Gasteiger partial charge in [-0.25, -0.2) is 0 Å². The van der Waals surface area contributed by atoms with Gasteiger partial charge in [-0.15, -0.1) is 0 Å². The van der Waals surface area contributed by atoms with Crippen LogP contribution in [0.3, 0.4) is 0 Å². The van der Waals surface area contributed by atoms with E-state index < -0.39 is 6.29 Å². The molecule has 0 spiro atoms. The molecule has 0 saturated heterocycles. The summed E-state index contributed by atoms with van der Waals surface area (Å²) in [7, 11) is 9.05. The van der Waals surface area contributed by atoms with Gasteiger partial charge in [0.1, 0.15) is 5.75 Å². The Morgan fingerprint density at radius 2 is 1.37 bits per heavy atom. The highest BCUT2D eigenvalue weighted by atomic mass is 16.7. The summed E-state index contributed by atoms with van der Waals surface area (Å²) in [6.07, 6.45) is -0.721. The lowest BCUT2D eigenvalue weighted by Gasteiger charge is -2.19. The Kier molecular flexibility index (Phi) is 7.04. The molecule has 2 rings (SSSR count). The molecule has 146 valence electrons. The SMILES string of the molecule is COc1ccc(C(=O)c2cc(OC)c(OC)c(OC)c2)c(C(OC)OC)c1. The summed E-state index contributed by atoms with van der Waals surface area (Å²) < 4.78 is 31.9. The number of hydrogen-bond acceptors (Lipinski definition) is 7. The summed E-state index contributed by atoms with van der Waals surface area (Å²) in [5, 5.41) is 0. The molecule has 0 aliphatic carbocycles. The van der Waals surface area contributed by atoms with Crippen LogP contribution in [0.2, 0.25) is 0 Å². The smallest absolute Gasteiger partial charge is 0.203 e. The van der Waals surface area contributed by atoms with Crippen LogP contribution in [0.1, 0.15) is 27.8 Å². The average molecular weight is 376 g/mol. The average Bonchev–Trinajstić information content (AvgIpc) is 2.72. The number of hydrogen-bond donors (Lipinski definition) is 0. The molecule has 7 nitrogen and oxygen atoms in total. The summed E-state index contributed by atoms with van der Waals surface area (Å²) in [4.78, 5) is 13.2. The van der Waals surface area contributed by atoms with Crippen LogP contribution < -0.4 is 18.9 Å². The number of benzene rings is 2. The van der Waals surface area contributed by atoms with Gasteiger partial charge in [0.2, 0.25) is 5.75 Å². The molecule has 0 unspecified atom stereocenters. The van der Waals surface area contributed by atoms with E-state index in [4.69, 9.17) is 28.4 Å². The van der Waals surface area contributed by atoms with Crippen LogP contribution in [-0.2, 0) is 9.47 Å². The number of ether oxygens (including phenoxy) is 6. The first-order valence-corrected chi connectivity index (χ1v) is 8.12. The van der Waals surface area contributed by atoms with Gasteiger partial charge in [0, 0.05) is 30.9 Å². The second-order valence-corrected chi connectivity index (χ2v) is 5.50. The van der Waals surface area contributed by atoms with Crippen molar-refractivity contribution in [3.05, 3.63) is 47.0 Å². The van der Waals surface area contributed by atoms with Gasteiger partial charge in [-0.3, -0.25) is 4.79 Å². The summed E-state index contributed by atoms with van der Waals surface area (Å²) in [5.41, 5.74) is 1.35. The Labute approximate surface area is 158 Å². The number of ketones is 1. The van der Waals surface area contributed by atoms with Gasteiger partial charge in [-0.1, -0.05) is 0 Å². The maximum Gasteiger partial charge on any atom is 0.203 e. The number of rotatable bonds is 9. The Hall–Kier alpha value is -2.77. The van der Waals surface area contributed by atoms with Gasteiger partial charge < -0.3 is 28.4 Å². The van der Waals surface area contributed by atoms with Gasteiger partial charge >= 0.3 is 0 Å². The molecule has 0 saturated carbocycles. The predicted octanol–water partition coefficient (Wildman–Crippen LogP) is 3.24. The van der Waals surface area contributed by atoms with Crippen LogP contribution in [0.25, 0.3) is 0 Å². The van der Waals surface area contributed by atoms with E-state index in [9.17, 15) is 4.79 Å². The van der Waals surface area contributed by atoms with Crippen molar-refractivity contribution in [3.8, 4) is 23.0 Å². The zero-order valence-corrected chi connectivity index (χ0v) is 16.3. The van der Waals surface area contributed by atoms with Crippen molar-refractivity contribution in [1.29, 1.82) is 0 Å². The molecule has 0 aliphatic heterocycles. The van der Waals surface area contributed by atoms with Crippen LogP contribution in [0, 0.1) is 0 Å². The molecule has 7 heteroatoms. The summed E-state index contributed by atoms with van der Waals surface area (Å²) in [6, 6.07) is 8.29. The minimum absolute atomic E-state index is 0.244. The zero-order valence-electron chi connectivity index (χ0n) is 16.3. The lowest BCUT2D eigenvalue weighted by Crippen LogP contribution is -2.12. The third kappa shape index (κ3) is 4.15. The van der Waals surface area contributed by atoms with Crippen molar-refractivity contribution in [2.45, 2.75) is 6.29 Å². The quantitative estimate of drug-likeness (QED) is 0.491. The molecule has 0 aromatic heterocycles. The molecule has 0 fully saturated rings. The molecule has 0 bridgehead atoms. The first-order valence-electron chi connectivity index (χ1n) is 8.12. The molecule has 0 atom stereocenters. The van der Waals surface area contributed by atoms with Crippen LogP contribution in [-0.4, -0.2) is 48.4 Å². The summed E-state index contributed by atoms with van der Waals surface area (Å²) >= 11 is 0. The summed E-state index contributed by atoms with van der Waals surface area (Å²) in [5.74, 6) is 1.55. The normalized spacial score (nSPS) is 10.6. The predicted molar refractivity (Wildman–Crippen MR) is 99.3 cm³/mol. The van der Waals surface area contributed by atoms with Gasteiger partial charge in [0.15, 0.2) is 23.6 Å². The maximum atomic E-state index is 13.2. The van der Waals surface area contributed by atoms with Crippen molar-refractivity contribution in [3.63, 3.8) is 0 Å². The molecule has 27 heavy (non-hydrogen) atoms. The molecule has 0 N–H and O–H groups in total. The van der Waals surface area contributed by atoms with E-state index in [2.05, 4.69) is 0 Å². The van der Waals surface area contributed by atoms with Gasteiger partial charge in [-0.05, 0) is 30.3 Å². The second-order valence-electron chi connectivity index (χ2n) is 5.50. The van der Waals surface area contributed by atoms with E-state index in [1.807, 2.05) is 0 Å². The monoisotopic (exact) mass is 376 g/mol. The van der Waals surface area contributed by atoms with Crippen molar-refractivity contribution < 1.29 is 33.2 Å². The van der Waals surface area contributed by atoms with Crippen molar-refractivity contribution in [1.82, 2.24) is 0 Å². The van der Waals surface area contributed by atoms with E-state index in [-0.39, 0.29) is 5.78 Å². The summed E-state index contributed by atoms with van der Waals surface area (Å²) in [6.45, 7) is 0. The molecular formula is C20H24O7. The highest BCUT2D eigenvalue weighted by Crippen LogP contribution is 2.39. The molecule has 0 amide bonds. The third-order valence-corrected chi connectivity index (χ3v) is 4.11. The van der Waals surface area contributed by atoms with E-state index in [0.29, 0.717) is 39.7 Å². The molecule has 2 aromatic rings. The Morgan fingerprint density at radius 1 is 0.778 bits per heavy atom.